The van der Waals surface area contributed by atoms with Crippen molar-refractivity contribution >= 4 is 28.9 Å². The van der Waals surface area contributed by atoms with Crippen LogP contribution in [0.3, 0.4) is 0 Å². The average molecular weight is 322 g/mol. The van der Waals surface area contributed by atoms with E-state index in [1.165, 1.54) is 16.5 Å². The van der Waals surface area contributed by atoms with Crippen molar-refractivity contribution < 1.29 is 14.7 Å². The number of amides is 2. The van der Waals surface area contributed by atoms with Gasteiger partial charge >= 0.3 is 0 Å². The SMILES string of the molecule is O=C1CC(=O)N(c2cccc(O)c2)c2ccc3c(c2N1)CCCC3. The second-order valence-electron chi connectivity index (χ2n) is 6.28. The topological polar surface area (TPSA) is 69.6 Å². The summed E-state index contributed by atoms with van der Waals surface area (Å²) >= 11 is 0. The number of benzene rings is 2. The van der Waals surface area contributed by atoms with Gasteiger partial charge < -0.3 is 10.4 Å². The Morgan fingerprint density at radius 1 is 1.04 bits per heavy atom. The Kier molecular flexibility index (Phi) is 3.49. The molecule has 2 N–H and O–H groups in total. The Hall–Kier alpha value is -2.82. The van der Waals surface area contributed by atoms with Gasteiger partial charge in [-0.15, -0.1) is 0 Å². The van der Waals surface area contributed by atoms with E-state index < -0.39 is 0 Å². The van der Waals surface area contributed by atoms with Crippen molar-refractivity contribution in [3.05, 3.63) is 47.5 Å². The molecule has 0 saturated heterocycles. The summed E-state index contributed by atoms with van der Waals surface area (Å²) in [6.45, 7) is 0. The summed E-state index contributed by atoms with van der Waals surface area (Å²) in [5.41, 5.74) is 4.36. The van der Waals surface area contributed by atoms with Crippen LogP contribution in [0.4, 0.5) is 17.1 Å². The predicted molar refractivity (Wildman–Crippen MR) is 91.6 cm³/mol. The normalized spacial score (nSPS) is 16.9. The largest absolute Gasteiger partial charge is 0.508 e. The lowest BCUT2D eigenvalue weighted by Gasteiger charge is -2.26. The molecule has 2 aliphatic rings. The molecule has 0 unspecified atom stereocenters. The van der Waals surface area contributed by atoms with Crippen molar-refractivity contribution in [2.45, 2.75) is 32.1 Å². The molecule has 1 aliphatic heterocycles. The van der Waals surface area contributed by atoms with Crippen molar-refractivity contribution in [3.8, 4) is 5.75 Å². The van der Waals surface area contributed by atoms with Gasteiger partial charge in [0.25, 0.3) is 0 Å². The maximum absolute atomic E-state index is 12.7. The van der Waals surface area contributed by atoms with E-state index >= 15 is 0 Å². The van der Waals surface area contributed by atoms with Crippen molar-refractivity contribution in [1.82, 2.24) is 0 Å². The number of nitrogens with one attached hydrogen (secondary N) is 1. The molecule has 5 heteroatoms. The molecular weight excluding hydrogens is 304 g/mol. The number of nitrogens with zero attached hydrogens (tertiary/aromatic N) is 1. The Morgan fingerprint density at radius 3 is 2.71 bits per heavy atom. The minimum Gasteiger partial charge on any atom is -0.508 e. The zero-order valence-electron chi connectivity index (χ0n) is 13.2. The molecule has 122 valence electrons. The van der Waals surface area contributed by atoms with Crippen LogP contribution in [-0.4, -0.2) is 16.9 Å². The first-order valence-electron chi connectivity index (χ1n) is 8.20. The monoisotopic (exact) mass is 322 g/mol. The number of fused-ring (bicyclic) bond motifs is 3. The number of phenols is 1. The second kappa shape index (κ2) is 5.67. The number of phenolic OH excluding ortho intramolecular Hbond substituents is 1. The first-order valence-corrected chi connectivity index (χ1v) is 8.20. The molecule has 0 aromatic heterocycles. The lowest BCUT2D eigenvalue weighted by molar-refractivity contribution is -0.124. The highest BCUT2D eigenvalue weighted by atomic mass is 16.3. The lowest BCUT2D eigenvalue weighted by atomic mass is 9.89. The van der Waals surface area contributed by atoms with Gasteiger partial charge in [-0.3, -0.25) is 14.5 Å². The van der Waals surface area contributed by atoms with Crippen LogP contribution in [0.2, 0.25) is 0 Å². The summed E-state index contributed by atoms with van der Waals surface area (Å²) in [5, 5.41) is 12.7. The highest BCUT2D eigenvalue weighted by Gasteiger charge is 2.30. The van der Waals surface area contributed by atoms with Crippen LogP contribution in [0.5, 0.6) is 5.75 Å². The van der Waals surface area contributed by atoms with Gasteiger partial charge in [0.2, 0.25) is 11.8 Å². The van der Waals surface area contributed by atoms with E-state index in [0.29, 0.717) is 11.4 Å². The fourth-order valence-electron chi connectivity index (χ4n) is 3.59. The van der Waals surface area contributed by atoms with Crippen LogP contribution < -0.4 is 10.2 Å². The van der Waals surface area contributed by atoms with E-state index in [1.807, 2.05) is 12.1 Å². The Bertz CT molecular complexity index is 845. The van der Waals surface area contributed by atoms with Crippen molar-refractivity contribution in [1.29, 1.82) is 0 Å². The lowest BCUT2D eigenvalue weighted by Crippen LogP contribution is -2.26. The van der Waals surface area contributed by atoms with E-state index in [1.54, 1.807) is 18.2 Å². The van der Waals surface area contributed by atoms with Crippen LogP contribution in [0.15, 0.2) is 36.4 Å². The summed E-state index contributed by atoms with van der Waals surface area (Å²) in [6.07, 6.45) is 3.92. The molecule has 1 heterocycles. The first-order chi connectivity index (χ1) is 11.6. The number of carbonyl (C=O) groups is 2. The number of carbonyl (C=O) groups excluding carboxylic acids is 2. The quantitative estimate of drug-likeness (QED) is 0.792. The van der Waals surface area contributed by atoms with E-state index in [-0.39, 0.29) is 24.0 Å². The van der Waals surface area contributed by atoms with Gasteiger partial charge in [-0.2, -0.15) is 0 Å². The number of anilines is 3. The number of hydrogen-bond acceptors (Lipinski definition) is 3. The minimum absolute atomic E-state index is 0.0864. The molecule has 2 aromatic carbocycles. The van der Waals surface area contributed by atoms with E-state index in [2.05, 4.69) is 5.32 Å². The molecular formula is C19H18N2O3. The van der Waals surface area contributed by atoms with E-state index in [9.17, 15) is 14.7 Å². The van der Waals surface area contributed by atoms with Crippen LogP contribution in [0.25, 0.3) is 0 Å². The van der Waals surface area contributed by atoms with Crippen LogP contribution >= 0.6 is 0 Å². The molecule has 0 bridgehead atoms. The van der Waals surface area contributed by atoms with Gasteiger partial charge in [-0.1, -0.05) is 12.1 Å². The molecule has 2 amide bonds. The molecule has 0 spiro atoms. The maximum atomic E-state index is 12.7. The zero-order chi connectivity index (χ0) is 16.7. The van der Waals surface area contributed by atoms with Gasteiger partial charge in [-0.25, -0.2) is 0 Å². The summed E-state index contributed by atoms with van der Waals surface area (Å²) in [6, 6.07) is 10.5. The van der Waals surface area contributed by atoms with Crippen molar-refractivity contribution in [3.63, 3.8) is 0 Å². The Labute approximate surface area is 139 Å². The maximum Gasteiger partial charge on any atom is 0.241 e. The predicted octanol–water partition coefficient (Wildman–Crippen LogP) is 3.28. The standard InChI is InChI=1S/C19H18N2O3/c22-14-6-3-5-13(10-14)21-16-9-8-12-4-1-2-7-15(12)19(16)20-17(23)11-18(21)24/h3,5-6,8-10,22H,1-2,4,7,11H2,(H,20,23). The summed E-state index contributed by atoms with van der Waals surface area (Å²) in [7, 11) is 0. The summed E-state index contributed by atoms with van der Waals surface area (Å²) < 4.78 is 0. The summed E-state index contributed by atoms with van der Waals surface area (Å²) in [4.78, 5) is 26.4. The van der Waals surface area contributed by atoms with Gasteiger partial charge in [0.1, 0.15) is 12.2 Å². The number of aryl methyl sites for hydroxylation is 1. The van der Waals surface area contributed by atoms with Crippen LogP contribution in [-0.2, 0) is 22.4 Å². The van der Waals surface area contributed by atoms with E-state index in [4.69, 9.17) is 0 Å². The Balaban J connectivity index is 1.92. The number of hydrogen-bond donors (Lipinski definition) is 2. The van der Waals surface area contributed by atoms with Crippen LogP contribution in [0.1, 0.15) is 30.4 Å². The minimum atomic E-state index is -0.299. The van der Waals surface area contributed by atoms with Gasteiger partial charge in [0, 0.05) is 6.07 Å². The highest BCUT2D eigenvalue weighted by Crippen LogP contribution is 2.41. The summed E-state index contributed by atoms with van der Waals surface area (Å²) in [5.74, 6) is -0.501. The third-order valence-corrected chi connectivity index (χ3v) is 4.67. The molecule has 5 nitrogen and oxygen atoms in total. The van der Waals surface area contributed by atoms with E-state index in [0.717, 1.165) is 36.9 Å². The third-order valence-electron chi connectivity index (χ3n) is 4.67. The van der Waals surface area contributed by atoms with Crippen LogP contribution in [0, 0.1) is 0 Å². The molecule has 24 heavy (non-hydrogen) atoms. The fourth-order valence-corrected chi connectivity index (χ4v) is 3.59. The zero-order valence-corrected chi connectivity index (χ0v) is 13.2. The van der Waals surface area contributed by atoms with Crippen molar-refractivity contribution in [2.75, 3.05) is 10.2 Å². The fraction of sp³-hybridized carbons (Fsp3) is 0.263. The molecule has 0 fully saturated rings. The van der Waals surface area contributed by atoms with Gasteiger partial charge in [-0.05, 0) is 55.0 Å². The first kappa shape index (κ1) is 14.8. The molecule has 0 saturated carbocycles. The molecule has 0 atom stereocenters. The highest BCUT2D eigenvalue weighted by molar-refractivity contribution is 6.17. The number of aromatic hydroxyl groups is 1. The van der Waals surface area contributed by atoms with Crippen molar-refractivity contribution in [2.24, 2.45) is 0 Å². The van der Waals surface area contributed by atoms with Gasteiger partial charge in [0.15, 0.2) is 0 Å². The smallest absolute Gasteiger partial charge is 0.241 e. The third kappa shape index (κ3) is 2.42. The molecule has 2 aromatic rings. The average Bonchev–Trinajstić information content (AvgIpc) is 2.69. The molecule has 1 aliphatic carbocycles. The molecule has 0 radical (unpaired) electrons. The second-order valence-corrected chi connectivity index (χ2v) is 6.28. The Morgan fingerprint density at radius 2 is 1.88 bits per heavy atom. The molecule has 4 rings (SSSR count). The van der Waals surface area contributed by atoms with Gasteiger partial charge in [0.05, 0.1) is 17.1 Å². The number of rotatable bonds is 1.